The van der Waals surface area contributed by atoms with E-state index in [0.29, 0.717) is 36.9 Å². The van der Waals surface area contributed by atoms with E-state index in [-0.39, 0.29) is 24.6 Å². The van der Waals surface area contributed by atoms with Gasteiger partial charge in [0, 0.05) is 30.4 Å². The second kappa shape index (κ2) is 9.29. The van der Waals surface area contributed by atoms with Gasteiger partial charge < -0.3 is 25.2 Å². The highest BCUT2D eigenvalue weighted by Gasteiger charge is 2.37. The van der Waals surface area contributed by atoms with E-state index in [4.69, 9.17) is 17.2 Å². The van der Waals surface area contributed by atoms with Gasteiger partial charge in [-0.1, -0.05) is 18.2 Å². The van der Waals surface area contributed by atoms with Crippen LogP contribution in [0.3, 0.4) is 0 Å². The zero-order valence-corrected chi connectivity index (χ0v) is 20.3. The summed E-state index contributed by atoms with van der Waals surface area (Å²) in [5.74, 6) is 0.559. The lowest BCUT2D eigenvalue weighted by Crippen LogP contribution is -2.41. The van der Waals surface area contributed by atoms with Crippen molar-refractivity contribution in [2.45, 2.75) is 25.0 Å². The van der Waals surface area contributed by atoms with Gasteiger partial charge in [-0.3, -0.25) is 14.8 Å². The van der Waals surface area contributed by atoms with Crippen LogP contribution in [0, 0.1) is 0 Å². The van der Waals surface area contributed by atoms with Crippen LogP contribution in [0.5, 0.6) is 0 Å². The van der Waals surface area contributed by atoms with E-state index in [1.165, 1.54) is 0 Å². The number of likely N-dealkylation sites (tertiary alicyclic amines) is 1. The lowest BCUT2D eigenvalue weighted by molar-refractivity contribution is -0.131. The Morgan fingerprint density at radius 2 is 1.94 bits per heavy atom. The highest BCUT2D eigenvalue weighted by Crippen LogP contribution is 2.36. The third-order valence-electron chi connectivity index (χ3n) is 6.83. The Balaban J connectivity index is 1.40. The molecular weight excluding hydrogens is 474 g/mol. The van der Waals surface area contributed by atoms with Crippen molar-refractivity contribution >= 4 is 56.7 Å². The maximum atomic E-state index is 12.9. The first-order valence-corrected chi connectivity index (χ1v) is 12.4. The van der Waals surface area contributed by atoms with Crippen LogP contribution in [0.1, 0.15) is 24.4 Å². The number of aliphatic imine (C=N–C) groups is 1. The second-order valence-corrected chi connectivity index (χ2v) is 9.42. The van der Waals surface area contributed by atoms with Gasteiger partial charge in [-0.05, 0) is 61.0 Å². The Morgan fingerprint density at radius 3 is 2.81 bits per heavy atom. The normalized spacial score (nSPS) is 20.0. The van der Waals surface area contributed by atoms with E-state index >= 15 is 0 Å². The van der Waals surface area contributed by atoms with Crippen molar-refractivity contribution in [1.29, 1.82) is 0 Å². The standard InChI is InChI=1S/C26H25N7O2S/c34-17-8-11-32(12-9-17)23(35)14-28-25-24(19-7-10-27-20-4-2-1-3-18(19)20)33(26(36)31-25)16-5-6-21-22(13-16)30-15-29-21/h1-7,10,13,15,17,24,34H,8-9,11-12,14H2,(H,29,30)(H,28,31,36). The summed E-state index contributed by atoms with van der Waals surface area (Å²) in [6, 6.07) is 15.5. The molecule has 0 spiro atoms. The first kappa shape index (κ1) is 22.6. The van der Waals surface area contributed by atoms with Crippen molar-refractivity contribution in [3.63, 3.8) is 0 Å². The number of pyridine rings is 1. The molecule has 1 unspecified atom stereocenters. The number of nitrogens with one attached hydrogen (secondary N) is 2. The number of piperidine rings is 1. The Hall–Kier alpha value is -3.89. The topological polar surface area (TPSA) is 110 Å². The summed E-state index contributed by atoms with van der Waals surface area (Å²) in [5, 5.41) is 14.5. The number of hydrogen-bond donors (Lipinski definition) is 3. The van der Waals surface area contributed by atoms with Crippen LogP contribution in [0.15, 0.2) is 66.0 Å². The number of para-hydroxylation sites is 1. The van der Waals surface area contributed by atoms with E-state index in [0.717, 1.165) is 33.2 Å². The fourth-order valence-electron chi connectivity index (χ4n) is 4.95. The number of nitrogens with zero attached hydrogens (tertiary/aromatic N) is 5. The van der Waals surface area contributed by atoms with E-state index in [1.807, 2.05) is 53.4 Å². The Labute approximate surface area is 212 Å². The molecule has 2 aromatic carbocycles. The number of thiocarbonyl (C=S) groups is 1. The molecule has 2 fully saturated rings. The maximum absolute atomic E-state index is 12.9. The number of rotatable bonds is 4. The quantitative estimate of drug-likeness (QED) is 0.371. The van der Waals surface area contributed by atoms with E-state index in [9.17, 15) is 9.90 Å². The third-order valence-corrected chi connectivity index (χ3v) is 7.13. The Morgan fingerprint density at radius 1 is 1.11 bits per heavy atom. The average molecular weight is 500 g/mol. The van der Waals surface area contributed by atoms with Gasteiger partial charge in [0.05, 0.1) is 29.0 Å². The summed E-state index contributed by atoms with van der Waals surface area (Å²) in [6.45, 7) is 1.10. The molecule has 0 saturated carbocycles. The first-order chi connectivity index (χ1) is 17.6. The van der Waals surface area contributed by atoms with Crippen LogP contribution in [-0.2, 0) is 4.79 Å². The molecule has 182 valence electrons. The monoisotopic (exact) mass is 499 g/mol. The van der Waals surface area contributed by atoms with Crippen LogP contribution in [0.2, 0.25) is 0 Å². The number of aliphatic hydroxyl groups is 1. The number of fused-ring (bicyclic) bond motifs is 2. The SMILES string of the molecule is O=C(CN=C1NC(=S)N(c2ccc3nc[nH]c3c2)C1c1ccnc2ccccc12)N1CCC(O)CC1. The number of amidine groups is 1. The van der Waals surface area contributed by atoms with Crippen molar-refractivity contribution in [1.82, 2.24) is 25.2 Å². The zero-order chi connectivity index (χ0) is 24.6. The van der Waals surface area contributed by atoms with Crippen LogP contribution < -0.4 is 10.2 Å². The lowest BCUT2D eigenvalue weighted by Gasteiger charge is -2.29. The van der Waals surface area contributed by atoms with Crippen molar-refractivity contribution in [2.24, 2.45) is 4.99 Å². The number of amides is 1. The van der Waals surface area contributed by atoms with Gasteiger partial charge in [0.25, 0.3) is 0 Å². The molecule has 2 aliphatic heterocycles. The summed E-state index contributed by atoms with van der Waals surface area (Å²) in [6.07, 6.45) is 4.32. The minimum atomic E-state index is -0.359. The number of carbonyl (C=O) groups is 1. The first-order valence-electron chi connectivity index (χ1n) is 12.0. The molecule has 0 aliphatic carbocycles. The molecule has 9 nitrogen and oxygen atoms in total. The molecule has 4 aromatic rings. The molecule has 4 heterocycles. The van der Waals surface area contributed by atoms with Crippen LogP contribution >= 0.6 is 12.2 Å². The van der Waals surface area contributed by atoms with Gasteiger partial charge in [-0.15, -0.1) is 0 Å². The molecule has 2 aromatic heterocycles. The number of imidazole rings is 1. The average Bonchev–Trinajstić information content (AvgIpc) is 3.50. The van der Waals surface area contributed by atoms with Crippen molar-refractivity contribution in [2.75, 3.05) is 24.5 Å². The number of H-pyrrole nitrogens is 1. The van der Waals surface area contributed by atoms with Gasteiger partial charge in [0.1, 0.15) is 18.4 Å². The molecule has 36 heavy (non-hydrogen) atoms. The third kappa shape index (κ3) is 4.08. The van der Waals surface area contributed by atoms with Crippen molar-refractivity contribution in [3.05, 3.63) is 66.6 Å². The van der Waals surface area contributed by atoms with E-state index in [2.05, 4.69) is 20.3 Å². The highest BCUT2D eigenvalue weighted by atomic mass is 32.1. The van der Waals surface area contributed by atoms with Crippen molar-refractivity contribution < 1.29 is 9.90 Å². The summed E-state index contributed by atoms with van der Waals surface area (Å²) in [4.78, 5) is 33.5. The predicted molar refractivity (Wildman–Crippen MR) is 143 cm³/mol. The lowest BCUT2D eigenvalue weighted by atomic mass is 10.00. The molecule has 2 saturated heterocycles. The number of aromatic nitrogens is 3. The van der Waals surface area contributed by atoms with Crippen LogP contribution in [0.25, 0.3) is 21.9 Å². The Bertz CT molecular complexity index is 1490. The number of carbonyl (C=O) groups excluding carboxylic acids is 1. The molecule has 0 bridgehead atoms. The van der Waals surface area contributed by atoms with Gasteiger partial charge >= 0.3 is 0 Å². The summed E-state index contributed by atoms with van der Waals surface area (Å²) < 4.78 is 0. The number of benzene rings is 2. The van der Waals surface area contributed by atoms with E-state index in [1.54, 1.807) is 17.4 Å². The molecule has 3 N–H and O–H groups in total. The number of hydrogen-bond acceptors (Lipinski definition) is 6. The molecule has 2 aliphatic rings. The van der Waals surface area contributed by atoms with E-state index < -0.39 is 0 Å². The largest absolute Gasteiger partial charge is 0.393 e. The van der Waals surface area contributed by atoms with Gasteiger partial charge in [-0.2, -0.15) is 0 Å². The van der Waals surface area contributed by atoms with Crippen molar-refractivity contribution in [3.8, 4) is 0 Å². The number of anilines is 1. The zero-order valence-electron chi connectivity index (χ0n) is 19.5. The second-order valence-electron chi connectivity index (χ2n) is 9.04. The fraction of sp³-hybridized carbons (Fsp3) is 0.269. The molecule has 0 radical (unpaired) electrons. The number of aliphatic hydroxyl groups excluding tert-OH is 1. The molecule has 10 heteroatoms. The molecule has 6 rings (SSSR count). The molecular formula is C26H25N7O2S. The summed E-state index contributed by atoms with van der Waals surface area (Å²) in [7, 11) is 0. The number of aromatic amines is 1. The smallest absolute Gasteiger partial charge is 0.244 e. The molecule has 1 amide bonds. The Kier molecular flexibility index (Phi) is 5.82. The fourth-order valence-corrected chi connectivity index (χ4v) is 5.27. The summed E-state index contributed by atoms with van der Waals surface area (Å²) >= 11 is 5.79. The van der Waals surface area contributed by atoms with Gasteiger partial charge in [-0.25, -0.2) is 4.98 Å². The highest BCUT2D eigenvalue weighted by molar-refractivity contribution is 7.80. The maximum Gasteiger partial charge on any atom is 0.244 e. The summed E-state index contributed by atoms with van der Waals surface area (Å²) in [5.41, 5.74) is 4.52. The minimum Gasteiger partial charge on any atom is -0.393 e. The predicted octanol–water partition coefficient (Wildman–Crippen LogP) is 2.93. The van der Waals surface area contributed by atoms with Gasteiger partial charge in [0.2, 0.25) is 5.91 Å². The van der Waals surface area contributed by atoms with Crippen LogP contribution in [0.4, 0.5) is 5.69 Å². The molecule has 1 atom stereocenters. The van der Waals surface area contributed by atoms with Gasteiger partial charge in [0.15, 0.2) is 5.11 Å². The van der Waals surface area contributed by atoms with Crippen LogP contribution in [-0.4, -0.2) is 67.6 Å². The minimum absolute atomic E-state index is 0.00792.